The Labute approximate surface area is 131 Å². The second-order valence-corrected chi connectivity index (χ2v) is 5.68. The van der Waals surface area contributed by atoms with Gasteiger partial charge in [-0.3, -0.25) is 4.79 Å². The summed E-state index contributed by atoms with van der Waals surface area (Å²) in [5.74, 6) is -0.112. The van der Waals surface area contributed by atoms with Gasteiger partial charge in [-0.2, -0.15) is 0 Å². The summed E-state index contributed by atoms with van der Waals surface area (Å²) in [5, 5.41) is 8.44. The van der Waals surface area contributed by atoms with E-state index >= 15 is 0 Å². The fourth-order valence-corrected chi connectivity index (χ4v) is 2.49. The maximum atomic E-state index is 11.9. The molecule has 1 aromatic rings. The van der Waals surface area contributed by atoms with Crippen molar-refractivity contribution in [1.82, 2.24) is 20.9 Å². The highest BCUT2D eigenvalue weighted by Gasteiger charge is 2.18. The minimum atomic E-state index is -0.134. The van der Waals surface area contributed by atoms with Gasteiger partial charge in [0.1, 0.15) is 0 Å². The van der Waals surface area contributed by atoms with Crippen LogP contribution in [-0.4, -0.2) is 50.1 Å². The molecule has 3 amide bonds. The van der Waals surface area contributed by atoms with Crippen molar-refractivity contribution in [2.24, 2.45) is 0 Å². The first-order chi connectivity index (χ1) is 10.6. The van der Waals surface area contributed by atoms with Crippen molar-refractivity contribution >= 4 is 11.9 Å². The van der Waals surface area contributed by atoms with Gasteiger partial charge in [0.05, 0.1) is 0 Å². The number of nitrogens with one attached hydrogen (secondary N) is 3. The number of carbonyl (C=O) groups excluding carboxylic acids is 2. The van der Waals surface area contributed by atoms with Gasteiger partial charge in [0, 0.05) is 25.2 Å². The summed E-state index contributed by atoms with van der Waals surface area (Å²) in [5.41, 5.74) is 1.58. The minimum Gasteiger partial charge on any atom is -0.355 e. The minimum absolute atomic E-state index is 0.112. The summed E-state index contributed by atoms with van der Waals surface area (Å²) in [6, 6.07) is 7.33. The molecular weight excluding hydrogens is 280 g/mol. The lowest BCUT2D eigenvalue weighted by molar-refractivity contribution is 0.0963. The summed E-state index contributed by atoms with van der Waals surface area (Å²) in [6.45, 7) is 2.49. The van der Waals surface area contributed by atoms with Crippen molar-refractivity contribution in [2.75, 3.05) is 27.2 Å². The number of urea groups is 1. The first-order valence-corrected chi connectivity index (χ1v) is 7.62. The SMILES string of the molecule is CNC(=O)c1ccc(CNC(=O)NC2CCN(C)CC2)cc1. The summed E-state index contributed by atoms with van der Waals surface area (Å²) in [4.78, 5) is 25.6. The summed E-state index contributed by atoms with van der Waals surface area (Å²) >= 11 is 0. The molecule has 1 aliphatic rings. The van der Waals surface area contributed by atoms with Gasteiger partial charge in [-0.25, -0.2) is 4.79 Å². The molecule has 2 rings (SSSR count). The number of hydrogen-bond donors (Lipinski definition) is 3. The van der Waals surface area contributed by atoms with E-state index in [0.717, 1.165) is 31.5 Å². The van der Waals surface area contributed by atoms with E-state index in [0.29, 0.717) is 12.1 Å². The molecule has 1 saturated heterocycles. The van der Waals surface area contributed by atoms with Crippen molar-refractivity contribution in [1.29, 1.82) is 0 Å². The van der Waals surface area contributed by atoms with Gasteiger partial charge < -0.3 is 20.9 Å². The fraction of sp³-hybridized carbons (Fsp3) is 0.500. The number of likely N-dealkylation sites (tertiary alicyclic amines) is 1. The summed E-state index contributed by atoms with van der Waals surface area (Å²) in [6.07, 6.45) is 1.98. The molecular formula is C16H24N4O2. The molecule has 3 N–H and O–H groups in total. The number of amides is 3. The number of rotatable bonds is 4. The molecule has 120 valence electrons. The number of nitrogens with zero attached hydrogens (tertiary/aromatic N) is 1. The summed E-state index contributed by atoms with van der Waals surface area (Å²) < 4.78 is 0. The van der Waals surface area contributed by atoms with Crippen LogP contribution in [0.1, 0.15) is 28.8 Å². The lowest BCUT2D eigenvalue weighted by Gasteiger charge is -2.29. The molecule has 0 aliphatic carbocycles. The van der Waals surface area contributed by atoms with E-state index in [9.17, 15) is 9.59 Å². The van der Waals surface area contributed by atoms with Gasteiger partial charge in [0.15, 0.2) is 0 Å². The molecule has 0 spiro atoms. The van der Waals surface area contributed by atoms with Crippen LogP contribution in [0.3, 0.4) is 0 Å². The molecule has 1 fully saturated rings. The van der Waals surface area contributed by atoms with Crippen LogP contribution in [-0.2, 0) is 6.54 Å². The normalized spacial score (nSPS) is 16.1. The second-order valence-electron chi connectivity index (χ2n) is 5.68. The Morgan fingerprint density at radius 3 is 2.41 bits per heavy atom. The Morgan fingerprint density at radius 2 is 1.82 bits per heavy atom. The summed E-state index contributed by atoms with van der Waals surface area (Å²) in [7, 11) is 3.70. The Bertz CT molecular complexity index is 507. The zero-order chi connectivity index (χ0) is 15.9. The van der Waals surface area contributed by atoms with Crippen LogP contribution in [0, 0.1) is 0 Å². The third-order valence-electron chi connectivity index (χ3n) is 3.95. The first-order valence-electron chi connectivity index (χ1n) is 7.62. The highest BCUT2D eigenvalue weighted by atomic mass is 16.2. The van der Waals surface area contributed by atoms with E-state index in [1.54, 1.807) is 19.2 Å². The van der Waals surface area contributed by atoms with Crippen molar-refractivity contribution < 1.29 is 9.59 Å². The predicted molar refractivity (Wildman–Crippen MR) is 85.7 cm³/mol. The second kappa shape index (κ2) is 7.79. The van der Waals surface area contributed by atoms with Gasteiger partial charge in [0.25, 0.3) is 5.91 Å². The maximum Gasteiger partial charge on any atom is 0.315 e. The zero-order valence-corrected chi connectivity index (χ0v) is 13.2. The fourth-order valence-electron chi connectivity index (χ4n) is 2.49. The average Bonchev–Trinajstić information content (AvgIpc) is 2.55. The van der Waals surface area contributed by atoms with Crippen LogP contribution in [0.5, 0.6) is 0 Å². The van der Waals surface area contributed by atoms with Crippen LogP contribution in [0.25, 0.3) is 0 Å². The lowest BCUT2D eigenvalue weighted by atomic mass is 10.1. The molecule has 0 saturated carbocycles. The molecule has 1 aliphatic heterocycles. The Kier molecular flexibility index (Phi) is 5.77. The highest BCUT2D eigenvalue weighted by molar-refractivity contribution is 5.93. The van der Waals surface area contributed by atoms with E-state index in [4.69, 9.17) is 0 Å². The van der Waals surface area contributed by atoms with E-state index < -0.39 is 0 Å². The highest BCUT2D eigenvalue weighted by Crippen LogP contribution is 2.08. The smallest absolute Gasteiger partial charge is 0.315 e. The zero-order valence-electron chi connectivity index (χ0n) is 13.2. The largest absolute Gasteiger partial charge is 0.355 e. The lowest BCUT2D eigenvalue weighted by Crippen LogP contribution is -2.46. The van der Waals surface area contributed by atoms with Crippen LogP contribution in [0.2, 0.25) is 0 Å². The van der Waals surface area contributed by atoms with Crippen molar-refractivity contribution in [3.05, 3.63) is 35.4 Å². The predicted octanol–water partition coefficient (Wildman–Crippen LogP) is 0.940. The quantitative estimate of drug-likeness (QED) is 0.775. The molecule has 6 heteroatoms. The van der Waals surface area contributed by atoms with Crippen molar-refractivity contribution in [2.45, 2.75) is 25.4 Å². The standard InChI is InChI=1S/C16H24N4O2/c1-17-15(21)13-5-3-12(4-6-13)11-18-16(22)19-14-7-9-20(2)10-8-14/h3-6,14H,7-11H2,1-2H3,(H,17,21)(H2,18,19,22). The number of benzene rings is 1. The third kappa shape index (κ3) is 4.73. The molecule has 6 nitrogen and oxygen atoms in total. The van der Waals surface area contributed by atoms with Gasteiger partial charge in [-0.05, 0) is 50.7 Å². The number of piperidine rings is 1. The van der Waals surface area contributed by atoms with Crippen LogP contribution >= 0.6 is 0 Å². The molecule has 0 unspecified atom stereocenters. The number of carbonyl (C=O) groups is 2. The van der Waals surface area contributed by atoms with Crippen molar-refractivity contribution in [3.63, 3.8) is 0 Å². The van der Waals surface area contributed by atoms with E-state index in [2.05, 4.69) is 27.9 Å². The first kappa shape index (κ1) is 16.3. The van der Waals surface area contributed by atoms with Crippen molar-refractivity contribution in [3.8, 4) is 0 Å². The molecule has 0 radical (unpaired) electrons. The van der Waals surface area contributed by atoms with E-state index in [-0.39, 0.29) is 18.0 Å². The molecule has 1 heterocycles. The Balaban J connectivity index is 1.75. The molecule has 0 atom stereocenters. The van der Waals surface area contributed by atoms with Crippen LogP contribution in [0.15, 0.2) is 24.3 Å². The Hall–Kier alpha value is -2.08. The van der Waals surface area contributed by atoms with Gasteiger partial charge in [-0.1, -0.05) is 12.1 Å². The van der Waals surface area contributed by atoms with Crippen LogP contribution < -0.4 is 16.0 Å². The van der Waals surface area contributed by atoms with E-state index in [1.807, 2.05) is 12.1 Å². The maximum absolute atomic E-state index is 11.9. The van der Waals surface area contributed by atoms with Crippen LogP contribution in [0.4, 0.5) is 4.79 Å². The monoisotopic (exact) mass is 304 g/mol. The van der Waals surface area contributed by atoms with Gasteiger partial charge in [0.2, 0.25) is 0 Å². The topological polar surface area (TPSA) is 73.5 Å². The molecule has 1 aromatic carbocycles. The molecule has 22 heavy (non-hydrogen) atoms. The van der Waals surface area contributed by atoms with Gasteiger partial charge in [-0.15, -0.1) is 0 Å². The average molecular weight is 304 g/mol. The molecule has 0 bridgehead atoms. The van der Waals surface area contributed by atoms with Gasteiger partial charge >= 0.3 is 6.03 Å². The molecule has 0 aromatic heterocycles. The third-order valence-corrected chi connectivity index (χ3v) is 3.95. The number of hydrogen-bond acceptors (Lipinski definition) is 3. The Morgan fingerprint density at radius 1 is 1.18 bits per heavy atom. The van der Waals surface area contributed by atoms with E-state index in [1.165, 1.54) is 0 Å².